The zero-order chi connectivity index (χ0) is 26.1. The van der Waals surface area contributed by atoms with Crippen LogP contribution in [0.5, 0.6) is 11.5 Å². The van der Waals surface area contributed by atoms with E-state index in [1.807, 2.05) is 12.1 Å². The topological polar surface area (TPSA) is 140 Å². The number of benzene rings is 1. The number of likely N-dealkylation sites (N-methyl/N-ethyl adjacent to an activating group) is 1. The summed E-state index contributed by atoms with van der Waals surface area (Å²) in [6, 6.07) is 4.28. The smallest absolute Gasteiger partial charge is 0.308 e. The molecule has 35 heavy (non-hydrogen) atoms. The van der Waals surface area contributed by atoms with Crippen LogP contribution in [-0.4, -0.2) is 70.8 Å². The number of aliphatic carboxylic acids is 2. The maximum Gasteiger partial charge on any atom is 0.308 e. The number of hydrogen-bond donors (Lipinski definition) is 2. The van der Waals surface area contributed by atoms with Gasteiger partial charge in [0.15, 0.2) is 17.6 Å². The van der Waals surface area contributed by atoms with Gasteiger partial charge >= 0.3 is 11.9 Å². The molecule has 2 heterocycles. The Morgan fingerprint density at radius 1 is 1.03 bits per heavy atom. The normalized spacial score (nSPS) is 28.6. The Kier molecular flexibility index (Phi) is 7.54. The van der Waals surface area contributed by atoms with Crippen LogP contribution in [0, 0.1) is 5.92 Å². The minimum atomic E-state index is -0.833. The lowest BCUT2D eigenvalue weighted by Gasteiger charge is -2.56. The van der Waals surface area contributed by atoms with Gasteiger partial charge in [0, 0.05) is 50.6 Å². The maximum atomic E-state index is 11.7. The van der Waals surface area contributed by atoms with Crippen LogP contribution in [0.15, 0.2) is 24.3 Å². The second kappa shape index (κ2) is 10.1. The number of carboxylic acids is 2. The molecule has 10 heteroatoms. The molecule has 0 aromatic heterocycles. The van der Waals surface area contributed by atoms with Gasteiger partial charge in [-0.15, -0.1) is 0 Å². The fourth-order valence-corrected chi connectivity index (χ4v) is 5.74. The Balaban J connectivity index is 0.000000376. The number of ether oxygens (including phenoxy) is 3. The van der Waals surface area contributed by atoms with Crippen molar-refractivity contribution in [2.45, 2.75) is 64.2 Å². The second-order valence-corrected chi connectivity index (χ2v) is 9.12. The van der Waals surface area contributed by atoms with Crippen molar-refractivity contribution in [1.82, 2.24) is 4.90 Å². The van der Waals surface area contributed by atoms with Gasteiger partial charge in [0.05, 0.1) is 0 Å². The highest BCUT2D eigenvalue weighted by Crippen LogP contribution is 2.62. The van der Waals surface area contributed by atoms with Crippen LogP contribution >= 0.6 is 0 Å². The van der Waals surface area contributed by atoms with Gasteiger partial charge in [-0.05, 0) is 44.1 Å². The molecule has 1 spiro atoms. The van der Waals surface area contributed by atoms with E-state index in [0.717, 1.165) is 38.8 Å². The van der Waals surface area contributed by atoms with Gasteiger partial charge in [-0.25, -0.2) is 0 Å². The molecule has 0 radical (unpaired) electrons. The number of carboxylic acid groups (broad SMARTS) is 2. The Labute approximate surface area is 203 Å². The van der Waals surface area contributed by atoms with Gasteiger partial charge in [-0.1, -0.05) is 12.1 Å². The van der Waals surface area contributed by atoms with Gasteiger partial charge in [0.25, 0.3) is 11.9 Å². The first kappa shape index (κ1) is 26.2. The van der Waals surface area contributed by atoms with Crippen LogP contribution in [0.4, 0.5) is 0 Å². The number of hydrogen-bond acceptors (Lipinski definition) is 8. The van der Waals surface area contributed by atoms with E-state index in [4.69, 9.17) is 34.0 Å². The van der Waals surface area contributed by atoms with Crippen molar-refractivity contribution in [3.8, 4) is 11.5 Å². The largest absolute Gasteiger partial charge is 0.481 e. The highest BCUT2D eigenvalue weighted by atomic mass is 16.6. The average molecular weight is 490 g/mol. The van der Waals surface area contributed by atoms with Crippen molar-refractivity contribution in [3.63, 3.8) is 0 Å². The minimum absolute atomic E-state index is 0.245. The zero-order valence-electron chi connectivity index (χ0n) is 20.4. The first-order valence-corrected chi connectivity index (χ1v) is 11.3. The summed E-state index contributed by atoms with van der Waals surface area (Å²) in [6.45, 7) is 5.94. The average Bonchev–Trinajstić information content (AvgIpc) is 3.07. The molecule has 0 unspecified atom stereocenters. The molecule has 1 fully saturated rings. The summed E-state index contributed by atoms with van der Waals surface area (Å²) in [6.07, 6.45) is 5.31. The van der Waals surface area contributed by atoms with Crippen molar-refractivity contribution in [1.29, 1.82) is 0 Å². The quantitative estimate of drug-likeness (QED) is 0.361. The third-order valence-corrected chi connectivity index (χ3v) is 6.67. The van der Waals surface area contributed by atoms with Crippen LogP contribution in [0.25, 0.3) is 0 Å². The highest BCUT2D eigenvalue weighted by Gasteiger charge is 2.65. The van der Waals surface area contributed by atoms with E-state index >= 15 is 0 Å². The summed E-state index contributed by atoms with van der Waals surface area (Å²) in [5.41, 5.74) is 2.15. The molecule has 1 aromatic carbocycles. The summed E-state index contributed by atoms with van der Waals surface area (Å²) in [4.78, 5) is 43.7. The Morgan fingerprint density at radius 3 is 2.23 bits per heavy atom. The first-order chi connectivity index (χ1) is 16.4. The standard InChI is InChI=1S/C21H23NO5.2C2H4O2/c1-11(23)25-16-6-4-13-10-15-14-5-7-17(26-12(2)24)20-21(14,8-9-22(15)3)18(13)19(16)27-20;2*1-2(3)4/h4-7,14-15,17,20H,8-10H2,1-3H3;2*1H3,(H,3,4)/t14-,15+,17-,20-,21-;;/m0../s1. The Morgan fingerprint density at radius 2 is 1.66 bits per heavy atom. The molecule has 2 aliphatic carbocycles. The van der Waals surface area contributed by atoms with Crippen molar-refractivity contribution in [2.24, 2.45) is 5.92 Å². The maximum absolute atomic E-state index is 11.7. The molecule has 5 atom stereocenters. The van der Waals surface area contributed by atoms with Gasteiger partial charge in [0.1, 0.15) is 6.10 Å². The molecule has 190 valence electrons. The number of carbonyl (C=O) groups is 4. The Bertz CT molecular complexity index is 1050. The van der Waals surface area contributed by atoms with Crippen LogP contribution < -0.4 is 9.47 Å². The number of nitrogens with zero attached hydrogens (tertiary/aromatic N) is 1. The highest BCUT2D eigenvalue weighted by molar-refractivity contribution is 5.73. The van der Waals surface area contributed by atoms with E-state index in [-0.39, 0.29) is 29.4 Å². The third kappa shape index (κ3) is 5.02. The predicted molar refractivity (Wildman–Crippen MR) is 123 cm³/mol. The van der Waals surface area contributed by atoms with E-state index < -0.39 is 18.0 Å². The number of piperidine rings is 1. The van der Waals surface area contributed by atoms with E-state index in [1.54, 1.807) is 0 Å². The Hall–Kier alpha value is -3.40. The number of rotatable bonds is 2. The second-order valence-electron chi connectivity index (χ2n) is 9.12. The molecular weight excluding hydrogens is 458 g/mol. The lowest BCUT2D eigenvalue weighted by Crippen LogP contribution is -2.65. The van der Waals surface area contributed by atoms with Gasteiger partial charge in [0.2, 0.25) is 0 Å². The molecule has 1 saturated heterocycles. The van der Waals surface area contributed by atoms with E-state index in [2.05, 4.69) is 24.1 Å². The number of carbonyl (C=O) groups excluding carboxylic acids is 2. The van der Waals surface area contributed by atoms with Crippen molar-refractivity contribution in [2.75, 3.05) is 13.6 Å². The zero-order valence-corrected chi connectivity index (χ0v) is 20.4. The molecule has 4 aliphatic rings. The molecule has 2 aliphatic heterocycles. The predicted octanol–water partition coefficient (Wildman–Crippen LogP) is 2.17. The monoisotopic (exact) mass is 489 g/mol. The van der Waals surface area contributed by atoms with Gasteiger partial charge in [-0.3, -0.25) is 19.2 Å². The van der Waals surface area contributed by atoms with E-state index in [9.17, 15) is 9.59 Å². The minimum Gasteiger partial charge on any atom is -0.481 e. The summed E-state index contributed by atoms with van der Waals surface area (Å²) < 4.78 is 17.5. The third-order valence-electron chi connectivity index (χ3n) is 6.67. The van der Waals surface area contributed by atoms with E-state index in [1.165, 1.54) is 19.4 Å². The molecule has 2 bridgehead atoms. The molecule has 1 aromatic rings. The van der Waals surface area contributed by atoms with Crippen LogP contribution in [0.2, 0.25) is 0 Å². The summed E-state index contributed by atoms with van der Waals surface area (Å²) in [5.74, 6) is -0.955. The van der Waals surface area contributed by atoms with Gasteiger partial charge < -0.3 is 29.3 Å². The molecule has 0 saturated carbocycles. The van der Waals surface area contributed by atoms with Crippen LogP contribution in [-0.2, 0) is 35.8 Å². The van der Waals surface area contributed by atoms with Gasteiger partial charge in [-0.2, -0.15) is 0 Å². The number of esters is 2. The fourth-order valence-electron chi connectivity index (χ4n) is 5.74. The summed E-state index contributed by atoms with van der Waals surface area (Å²) in [7, 11) is 2.17. The lowest BCUT2D eigenvalue weighted by atomic mass is 9.53. The number of likely N-dealkylation sites (tertiary alicyclic amines) is 1. The molecule has 5 rings (SSSR count). The lowest BCUT2D eigenvalue weighted by molar-refractivity contribution is -0.152. The summed E-state index contributed by atoms with van der Waals surface area (Å²) in [5, 5.41) is 14.8. The summed E-state index contributed by atoms with van der Waals surface area (Å²) >= 11 is 0. The van der Waals surface area contributed by atoms with Crippen molar-refractivity contribution < 1.29 is 43.6 Å². The molecular formula is C25H31NO9. The SMILES string of the molecule is CC(=O)O.CC(=O)O.CC(=O)Oc1ccc2c3c1O[C@H]1[C@@H](OC(C)=O)C=C[C@H]4[C@@H](C2)N(C)CC[C@@]341. The van der Waals surface area contributed by atoms with Crippen LogP contribution in [0.1, 0.15) is 45.2 Å². The first-order valence-electron chi connectivity index (χ1n) is 11.3. The molecule has 2 N–H and O–H groups in total. The van der Waals surface area contributed by atoms with E-state index in [0.29, 0.717) is 17.5 Å². The fraction of sp³-hybridized carbons (Fsp3) is 0.520. The molecule has 0 amide bonds. The van der Waals surface area contributed by atoms with Crippen molar-refractivity contribution >= 4 is 23.9 Å². The van der Waals surface area contributed by atoms with Crippen LogP contribution in [0.3, 0.4) is 0 Å². The van der Waals surface area contributed by atoms with Crippen molar-refractivity contribution in [3.05, 3.63) is 35.4 Å². The molecule has 10 nitrogen and oxygen atoms in total.